The number of hydrogen-bond donors (Lipinski definition) is 3. The van der Waals surface area contributed by atoms with Gasteiger partial charge in [0.1, 0.15) is 5.76 Å². The van der Waals surface area contributed by atoms with Crippen LogP contribution in [0.25, 0.3) is 0 Å². The second-order valence-corrected chi connectivity index (χ2v) is 5.64. The molecule has 3 fully saturated rings. The first kappa shape index (κ1) is 13.9. The molecule has 0 radical (unpaired) electrons. The Hall–Kier alpha value is -2.02. The van der Waals surface area contributed by atoms with E-state index in [1.165, 1.54) is 6.07 Å². The van der Waals surface area contributed by atoms with Gasteiger partial charge in [-0.05, 0) is 44.0 Å². The number of amides is 2. The average molecular weight is 293 g/mol. The average Bonchev–Trinajstić information content (AvgIpc) is 2.95. The highest BCUT2D eigenvalue weighted by Gasteiger charge is 2.34. The van der Waals surface area contributed by atoms with E-state index in [2.05, 4.69) is 15.5 Å². The summed E-state index contributed by atoms with van der Waals surface area (Å²) in [7, 11) is 0. The van der Waals surface area contributed by atoms with Gasteiger partial charge < -0.3 is 25.1 Å². The van der Waals surface area contributed by atoms with Crippen molar-refractivity contribution in [1.82, 2.24) is 15.5 Å². The van der Waals surface area contributed by atoms with Crippen LogP contribution in [0.5, 0.6) is 0 Å². The van der Waals surface area contributed by atoms with E-state index in [1.54, 1.807) is 6.07 Å². The molecule has 1 aromatic heterocycles. The molecular weight excluding hydrogens is 274 g/mol. The third-order valence-electron chi connectivity index (χ3n) is 4.27. The van der Waals surface area contributed by atoms with Crippen LogP contribution in [0.3, 0.4) is 0 Å². The van der Waals surface area contributed by atoms with Gasteiger partial charge in [0.25, 0.3) is 0 Å². The molecule has 3 saturated heterocycles. The number of nitrogens with one attached hydrogen (secondary N) is 2. The highest BCUT2D eigenvalue weighted by atomic mass is 16.4. The molecule has 21 heavy (non-hydrogen) atoms. The van der Waals surface area contributed by atoms with Gasteiger partial charge in [0.15, 0.2) is 0 Å². The zero-order valence-electron chi connectivity index (χ0n) is 11.7. The number of hydrogen-bond acceptors (Lipinski definition) is 4. The van der Waals surface area contributed by atoms with Gasteiger partial charge in [0, 0.05) is 12.6 Å². The fraction of sp³-hybridized carbons (Fsp3) is 0.571. The number of rotatable bonds is 4. The summed E-state index contributed by atoms with van der Waals surface area (Å²) in [6, 6.07) is 2.91. The molecule has 7 nitrogen and oxygen atoms in total. The van der Waals surface area contributed by atoms with Gasteiger partial charge in [-0.2, -0.15) is 0 Å². The maximum Gasteiger partial charge on any atom is 0.371 e. The molecule has 2 bridgehead atoms. The summed E-state index contributed by atoms with van der Waals surface area (Å²) in [6.45, 7) is 3.37. The smallest absolute Gasteiger partial charge is 0.371 e. The Morgan fingerprint density at radius 1 is 1.33 bits per heavy atom. The second-order valence-electron chi connectivity index (χ2n) is 5.64. The Balaban J connectivity index is 1.47. The minimum absolute atomic E-state index is 0.121. The maximum absolute atomic E-state index is 11.9. The molecule has 3 aliphatic heterocycles. The zero-order chi connectivity index (χ0) is 14.8. The number of piperidine rings is 3. The molecular formula is C14H19N3O4. The van der Waals surface area contributed by atoms with Gasteiger partial charge in [-0.1, -0.05) is 0 Å². The van der Waals surface area contributed by atoms with Crippen molar-refractivity contribution < 1.29 is 19.1 Å². The van der Waals surface area contributed by atoms with E-state index in [0.29, 0.717) is 11.7 Å². The summed E-state index contributed by atoms with van der Waals surface area (Å²) in [5.74, 6) is -0.234. The van der Waals surface area contributed by atoms with E-state index in [1.807, 2.05) is 0 Å². The normalized spacial score (nSPS) is 27.3. The predicted molar refractivity (Wildman–Crippen MR) is 74.0 cm³/mol. The molecule has 7 heteroatoms. The van der Waals surface area contributed by atoms with Crippen molar-refractivity contribution in [2.75, 3.05) is 19.6 Å². The van der Waals surface area contributed by atoms with Crippen LogP contribution in [-0.4, -0.2) is 47.7 Å². The fourth-order valence-corrected chi connectivity index (χ4v) is 3.10. The lowest BCUT2D eigenvalue weighted by molar-refractivity contribution is 0.0660. The van der Waals surface area contributed by atoms with E-state index in [-0.39, 0.29) is 24.4 Å². The van der Waals surface area contributed by atoms with E-state index in [9.17, 15) is 9.59 Å². The first-order valence-electron chi connectivity index (χ1n) is 7.20. The molecule has 0 spiro atoms. The van der Waals surface area contributed by atoms with Crippen molar-refractivity contribution in [2.24, 2.45) is 5.92 Å². The number of carbonyl (C=O) groups excluding carboxylic acids is 1. The molecule has 3 aliphatic rings. The quantitative estimate of drug-likeness (QED) is 0.765. The molecule has 0 aliphatic carbocycles. The van der Waals surface area contributed by atoms with Crippen LogP contribution < -0.4 is 10.6 Å². The lowest BCUT2D eigenvalue weighted by Gasteiger charge is -2.44. The van der Waals surface area contributed by atoms with Crippen molar-refractivity contribution in [3.8, 4) is 0 Å². The predicted octanol–water partition coefficient (Wildman–Crippen LogP) is 0.871. The van der Waals surface area contributed by atoms with E-state index in [0.717, 1.165) is 32.5 Å². The van der Waals surface area contributed by atoms with E-state index in [4.69, 9.17) is 9.52 Å². The Morgan fingerprint density at radius 3 is 2.67 bits per heavy atom. The number of urea groups is 1. The van der Waals surface area contributed by atoms with Crippen LogP contribution in [0, 0.1) is 5.92 Å². The zero-order valence-corrected chi connectivity index (χ0v) is 11.7. The van der Waals surface area contributed by atoms with Crippen LogP contribution in [0.15, 0.2) is 16.5 Å². The lowest BCUT2D eigenvalue weighted by atomic mass is 9.84. The van der Waals surface area contributed by atoms with Crippen molar-refractivity contribution in [2.45, 2.75) is 25.4 Å². The molecule has 1 aromatic rings. The molecule has 3 N–H and O–H groups in total. The Bertz CT molecular complexity index is 534. The van der Waals surface area contributed by atoms with Gasteiger partial charge in [-0.3, -0.25) is 0 Å². The van der Waals surface area contributed by atoms with Gasteiger partial charge in [0.05, 0.1) is 6.54 Å². The minimum atomic E-state index is -1.11. The molecule has 2 amide bonds. The van der Waals surface area contributed by atoms with Crippen molar-refractivity contribution in [1.29, 1.82) is 0 Å². The third-order valence-corrected chi connectivity index (χ3v) is 4.27. The van der Waals surface area contributed by atoms with Crippen LogP contribution in [0.1, 0.15) is 29.2 Å². The SMILES string of the molecule is O=C(NCc1ccc(C(=O)O)o1)NC1CN2CCC1CC2. The summed E-state index contributed by atoms with van der Waals surface area (Å²) in [4.78, 5) is 25.0. The van der Waals surface area contributed by atoms with Gasteiger partial charge in [0.2, 0.25) is 5.76 Å². The van der Waals surface area contributed by atoms with E-state index >= 15 is 0 Å². The van der Waals surface area contributed by atoms with Gasteiger partial charge in [-0.15, -0.1) is 0 Å². The largest absolute Gasteiger partial charge is 0.475 e. The standard InChI is InChI=1S/C14H19N3O4/c18-13(19)12-2-1-10(21-12)7-15-14(20)16-11-8-17-5-3-9(11)4-6-17/h1-2,9,11H,3-8H2,(H,18,19)(H2,15,16,20). The summed E-state index contributed by atoms with van der Waals surface area (Å²) in [5, 5.41) is 14.5. The van der Waals surface area contributed by atoms with E-state index < -0.39 is 5.97 Å². The molecule has 1 unspecified atom stereocenters. The summed E-state index contributed by atoms with van der Waals surface area (Å²) < 4.78 is 5.08. The topological polar surface area (TPSA) is 94.8 Å². The van der Waals surface area contributed by atoms with Crippen LogP contribution in [0.4, 0.5) is 4.79 Å². The lowest BCUT2D eigenvalue weighted by Crippen LogP contribution is -2.58. The summed E-state index contributed by atoms with van der Waals surface area (Å²) in [5.41, 5.74) is 0. The molecule has 114 valence electrons. The molecule has 0 aromatic carbocycles. The molecule has 1 atom stereocenters. The number of carboxylic acids is 1. The molecule has 4 rings (SSSR count). The number of carbonyl (C=O) groups is 2. The van der Waals surface area contributed by atoms with Crippen molar-refractivity contribution >= 4 is 12.0 Å². The third kappa shape index (κ3) is 3.18. The number of carboxylic acid groups (broad SMARTS) is 1. The van der Waals surface area contributed by atoms with Crippen LogP contribution in [-0.2, 0) is 6.54 Å². The van der Waals surface area contributed by atoms with Gasteiger partial charge >= 0.3 is 12.0 Å². The number of nitrogens with zero attached hydrogens (tertiary/aromatic N) is 1. The van der Waals surface area contributed by atoms with Crippen molar-refractivity contribution in [3.63, 3.8) is 0 Å². The van der Waals surface area contributed by atoms with Crippen molar-refractivity contribution in [3.05, 3.63) is 23.7 Å². The highest BCUT2D eigenvalue weighted by Crippen LogP contribution is 2.27. The first-order valence-corrected chi connectivity index (χ1v) is 7.20. The fourth-order valence-electron chi connectivity index (χ4n) is 3.10. The Morgan fingerprint density at radius 2 is 2.10 bits per heavy atom. The van der Waals surface area contributed by atoms with Gasteiger partial charge in [-0.25, -0.2) is 9.59 Å². The second kappa shape index (κ2) is 5.77. The number of aromatic carboxylic acids is 1. The number of furan rings is 1. The maximum atomic E-state index is 11.9. The van der Waals surface area contributed by atoms with Crippen LogP contribution >= 0.6 is 0 Å². The number of fused-ring (bicyclic) bond motifs is 3. The monoisotopic (exact) mass is 293 g/mol. The summed E-state index contributed by atoms with van der Waals surface area (Å²) in [6.07, 6.45) is 2.29. The molecule has 0 saturated carbocycles. The Kier molecular flexibility index (Phi) is 3.83. The molecule has 4 heterocycles. The summed E-state index contributed by atoms with van der Waals surface area (Å²) >= 11 is 0. The van der Waals surface area contributed by atoms with Crippen LogP contribution in [0.2, 0.25) is 0 Å². The highest BCUT2D eigenvalue weighted by molar-refractivity contribution is 5.84. The first-order chi connectivity index (χ1) is 10.1. The Labute approximate surface area is 122 Å². The minimum Gasteiger partial charge on any atom is -0.475 e.